The van der Waals surface area contributed by atoms with E-state index in [1.165, 1.54) is 12.1 Å². The smallest absolute Gasteiger partial charge is 0.399 e. The van der Waals surface area contributed by atoms with Gasteiger partial charge in [0.2, 0.25) is 5.91 Å². The Morgan fingerprint density at radius 1 is 0.931 bits per heavy atom. The Morgan fingerprint density at radius 2 is 1.45 bits per heavy atom. The molecule has 154 valence electrons. The van der Waals surface area contributed by atoms with E-state index < -0.39 is 30.1 Å². The van der Waals surface area contributed by atoms with Crippen molar-refractivity contribution in [2.75, 3.05) is 5.32 Å². The van der Waals surface area contributed by atoms with Crippen LogP contribution in [0.4, 0.5) is 18.9 Å². The predicted molar refractivity (Wildman–Crippen MR) is 106 cm³/mol. The third kappa shape index (κ3) is 4.82. The number of benzene rings is 2. The number of hydrogen-bond acceptors (Lipinski definition) is 3. The van der Waals surface area contributed by atoms with E-state index in [4.69, 9.17) is 9.31 Å². The van der Waals surface area contributed by atoms with Crippen LogP contribution in [0.15, 0.2) is 48.5 Å². The van der Waals surface area contributed by atoms with Gasteiger partial charge in [0.15, 0.2) is 0 Å². The van der Waals surface area contributed by atoms with Gasteiger partial charge in [-0.25, -0.2) is 0 Å². The molecule has 1 saturated heterocycles. The van der Waals surface area contributed by atoms with Crippen LogP contribution in [0.1, 0.15) is 38.8 Å². The summed E-state index contributed by atoms with van der Waals surface area (Å²) >= 11 is 0. The second-order valence-corrected chi connectivity index (χ2v) is 8.13. The second-order valence-electron chi connectivity index (χ2n) is 8.13. The van der Waals surface area contributed by atoms with Crippen LogP contribution in [0.3, 0.4) is 0 Å². The number of rotatable bonds is 4. The topological polar surface area (TPSA) is 47.6 Å². The molecule has 1 N–H and O–H groups in total. The van der Waals surface area contributed by atoms with Crippen LogP contribution in [0.2, 0.25) is 0 Å². The van der Waals surface area contributed by atoms with Gasteiger partial charge in [0.1, 0.15) is 0 Å². The molecule has 4 nitrogen and oxygen atoms in total. The molecule has 3 rings (SSSR count). The largest absolute Gasteiger partial charge is 0.494 e. The maximum absolute atomic E-state index is 12.6. The van der Waals surface area contributed by atoms with E-state index in [1.807, 2.05) is 52.0 Å². The number of anilines is 1. The van der Waals surface area contributed by atoms with Gasteiger partial charge >= 0.3 is 13.3 Å². The number of alkyl halides is 3. The van der Waals surface area contributed by atoms with Gasteiger partial charge in [0.05, 0.1) is 23.2 Å². The summed E-state index contributed by atoms with van der Waals surface area (Å²) in [6, 6.07) is 11.7. The quantitative estimate of drug-likeness (QED) is 0.777. The fourth-order valence-corrected chi connectivity index (χ4v) is 2.90. The van der Waals surface area contributed by atoms with E-state index in [-0.39, 0.29) is 12.3 Å². The average Bonchev–Trinajstić information content (AvgIpc) is 2.83. The van der Waals surface area contributed by atoms with Crippen LogP contribution in [0, 0.1) is 0 Å². The summed E-state index contributed by atoms with van der Waals surface area (Å²) in [4.78, 5) is 12.2. The Morgan fingerprint density at radius 3 is 1.93 bits per heavy atom. The van der Waals surface area contributed by atoms with Crippen LogP contribution >= 0.6 is 0 Å². The first-order chi connectivity index (χ1) is 13.4. The standard InChI is InChI=1S/C21H23BF3NO3/c1-19(2)20(3,4)29-22(28-19)16-9-5-14(6-10-16)13-18(27)26-17-11-7-15(8-12-17)21(23,24)25/h5-12H,13H2,1-4H3,(H,26,27). The number of amides is 1. The zero-order valence-corrected chi connectivity index (χ0v) is 16.8. The minimum Gasteiger partial charge on any atom is -0.399 e. The first-order valence-electron chi connectivity index (χ1n) is 9.29. The Labute approximate surface area is 168 Å². The first-order valence-corrected chi connectivity index (χ1v) is 9.29. The van der Waals surface area contributed by atoms with E-state index in [0.717, 1.165) is 23.2 Å². The third-order valence-corrected chi connectivity index (χ3v) is 5.37. The Balaban J connectivity index is 1.59. The highest BCUT2D eigenvalue weighted by atomic mass is 19.4. The predicted octanol–water partition coefficient (Wildman–Crippen LogP) is 4.19. The fourth-order valence-electron chi connectivity index (χ4n) is 2.90. The highest BCUT2D eigenvalue weighted by Gasteiger charge is 2.51. The maximum Gasteiger partial charge on any atom is 0.494 e. The molecule has 2 aromatic carbocycles. The van der Waals surface area contributed by atoms with Crippen molar-refractivity contribution in [2.24, 2.45) is 0 Å². The molecule has 1 fully saturated rings. The maximum atomic E-state index is 12.6. The molecule has 29 heavy (non-hydrogen) atoms. The van der Waals surface area contributed by atoms with Crippen molar-refractivity contribution >= 4 is 24.2 Å². The van der Waals surface area contributed by atoms with Crippen molar-refractivity contribution in [3.63, 3.8) is 0 Å². The molecule has 0 radical (unpaired) electrons. The average molecular weight is 405 g/mol. The normalized spacial score (nSPS) is 18.0. The van der Waals surface area contributed by atoms with E-state index in [9.17, 15) is 18.0 Å². The monoisotopic (exact) mass is 405 g/mol. The van der Waals surface area contributed by atoms with Crippen molar-refractivity contribution in [2.45, 2.75) is 51.5 Å². The van der Waals surface area contributed by atoms with Crippen LogP contribution in [-0.2, 0) is 26.7 Å². The summed E-state index contributed by atoms with van der Waals surface area (Å²) in [5, 5.41) is 2.60. The highest BCUT2D eigenvalue weighted by molar-refractivity contribution is 6.62. The molecule has 0 saturated carbocycles. The molecule has 1 heterocycles. The van der Waals surface area contributed by atoms with Gasteiger partial charge in [-0.05, 0) is 63.0 Å². The molecule has 0 bridgehead atoms. The fraction of sp³-hybridized carbons (Fsp3) is 0.381. The summed E-state index contributed by atoms with van der Waals surface area (Å²) in [7, 11) is -0.477. The van der Waals surface area contributed by atoms with Crippen molar-refractivity contribution < 1.29 is 27.3 Å². The Hall–Kier alpha value is -2.32. The van der Waals surface area contributed by atoms with Gasteiger partial charge in [0, 0.05) is 5.69 Å². The first kappa shape index (κ1) is 21.4. The molecule has 0 atom stereocenters. The van der Waals surface area contributed by atoms with Crippen LogP contribution in [0.5, 0.6) is 0 Å². The van der Waals surface area contributed by atoms with E-state index in [1.54, 1.807) is 0 Å². The highest BCUT2D eigenvalue weighted by Crippen LogP contribution is 2.36. The molecule has 0 spiro atoms. The van der Waals surface area contributed by atoms with E-state index in [0.29, 0.717) is 5.69 Å². The molecule has 0 aromatic heterocycles. The summed E-state index contributed by atoms with van der Waals surface area (Å²) in [6.07, 6.45) is -4.30. The van der Waals surface area contributed by atoms with Gasteiger partial charge in [0.25, 0.3) is 0 Å². The molecule has 1 aliphatic heterocycles. The lowest BCUT2D eigenvalue weighted by molar-refractivity contribution is -0.137. The van der Waals surface area contributed by atoms with E-state index in [2.05, 4.69) is 5.32 Å². The van der Waals surface area contributed by atoms with E-state index >= 15 is 0 Å². The molecule has 8 heteroatoms. The SMILES string of the molecule is CC1(C)OB(c2ccc(CC(=O)Nc3ccc(C(F)(F)F)cc3)cc2)OC1(C)C. The summed E-state index contributed by atoms with van der Waals surface area (Å²) in [5.41, 5.74) is 0.325. The lowest BCUT2D eigenvalue weighted by Crippen LogP contribution is -2.41. The number of carbonyl (C=O) groups excluding carboxylic acids is 1. The molecule has 1 amide bonds. The molecule has 0 unspecified atom stereocenters. The van der Waals surface area contributed by atoms with Gasteiger partial charge in [-0.15, -0.1) is 0 Å². The number of hydrogen-bond donors (Lipinski definition) is 1. The zero-order chi connectivity index (χ0) is 21.4. The second kappa shape index (κ2) is 7.50. The van der Waals surface area contributed by atoms with Crippen molar-refractivity contribution in [3.05, 3.63) is 59.7 Å². The number of carbonyl (C=O) groups is 1. The van der Waals surface area contributed by atoms with Gasteiger partial charge in [-0.1, -0.05) is 24.3 Å². The zero-order valence-electron chi connectivity index (χ0n) is 16.8. The van der Waals surface area contributed by atoms with Gasteiger partial charge < -0.3 is 14.6 Å². The lowest BCUT2D eigenvalue weighted by Gasteiger charge is -2.32. The Bertz CT molecular complexity index is 862. The minimum absolute atomic E-state index is 0.102. The van der Waals surface area contributed by atoms with Crippen molar-refractivity contribution in [1.29, 1.82) is 0 Å². The molecular formula is C21H23BF3NO3. The number of halogens is 3. The minimum atomic E-state index is -4.40. The van der Waals surface area contributed by atoms with Crippen molar-refractivity contribution in [1.82, 2.24) is 0 Å². The van der Waals surface area contributed by atoms with Crippen molar-refractivity contribution in [3.8, 4) is 0 Å². The van der Waals surface area contributed by atoms with Gasteiger partial charge in [-0.3, -0.25) is 4.79 Å². The molecule has 0 aliphatic carbocycles. The van der Waals surface area contributed by atoms with Crippen LogP contribution < -0.4 is 10.8 Å². The van der Waals surface area contributed by atoms with Crippen LogP contribution in [-0.4, -0.2) is 24.2 Å². The summed E-state index contributed by atoms with van der Waals surface area (Å²) in [5.74, 6) is -0.312. The molecular weight excluding hydrogens is 382 g/mol. The Kier molecular flexibility index (Phi) is 5.53. The summed E-state index contributed by atoms with van der Waals surface area (Å²) < 4.78 is 49.8. The lowest BCUT2D eigenvalue weighted by atomic mass is 9.79. The molecule has 2 aromatic rings. The van der Waals surface area contributed by atoms with Crippen LogP contribution in [0.25, 0.3) is 0 Å². The molecule has 1 aliphatic rings. The van der Waals surface area contributed by atoms with Gasteiger partial charge in [-0.2, -0.15) is 13.2 Å². The number of nitrogens with one attached hydrogen (secondary N) is 1. The third-order valence-electron chi connectivity index (χ3n) is 5.37. The summed E-state index contributed by atoms with van der Waals surface area (Å²) in [6.45, 7) is 7.92.